The van der Waals surface area contributed by atoms with Crippen LogP contribution in [0.5, 0.6) is 0 Å². The van der Waals surface area contributed by atoms with Gasteiger partial charge in [-0.1, -0.05) is 66.7 Å². The van der Waals surface area contributed by atoms with Gasteiger partial charge in [0.2, 0.25) is 11.8 Å². The number of likely N-dealkylation sites (tertiary alicyclic amines) is 3. The third-order valence-corrected chi connectivity index (χ3v) is 21.2. The summed E-state index contributed by atoms with van der Waals surface area (Å²) in [6.07, 6.45) is 18.1. The van der Waals surface area contributed by atoms with Gasteiger partial charge in [-0.2, -0.15) is 0 Å². The molecule has 0 aliphatic carbocycles. The number of piperidine rings is 3. The largest absolute Gasteiger partial charge is 0.382 e. The molecule has 3 aliphatic rings. The van der Waals surface area contributed by atoms with Crippen LogP contribution in [-0.4, -0.2) is 183 Å². The Morgan fingerprint density at radius 1 is 0.443 bits per heavy atom. The van der Waals surface area contributed by atoms with Crippen LogP contribution in [0.25, 0.3) is 83.4 Å². The number of benzene rings is 5. The Hall–Kier alpha value is -12.1. The van der Waals surface area contributed by atoms with Crippen molar-refractivity contribution in [2.45, 2.75) is 75.5 Å². The smallest absolute Gasteiger partial charge is 0.253 e. The summed E-state index contributed by atoms with van der Waals surface area (Å²) in [5.41, 5.74) is 33.9. The molecule has 17 rings (SSSR count). The fourth-order valence-corrected chi connectivity index (χ4v) is 15.4. The third-order valence-electron chi connectivity index (χ3n) is 21.2. The molecule has 3 saturated heterocycles. The van der Waals surface area contributed by atoms with E-state index in [1.54, 1.807) is 18.6 Å². The Kier molecular flexibility index (Phi) is 19.7. The summed E-state index contributed by atoms with van der Waals surface area (Å²) < 4.78 is 6.24. The maximum atomic E-state index is 13.1. The minimum atomic E-state index is 0.0824. The fourth-order valence-electron chi connectivity index (χ4n) is 15.4. The van der Waals surface area contributed by atoms with Crippen molar-refractivity contribution in [1.82, 2.24) is 77.7 Å². The molecule has 0 unspecified atom stereocenters. The van der Waals surface area contributed by atoms with E-state index in [0.29, 0.717) is 43.4 Å². The number of rotatable bonds is 15. The van der Waals surface area contributed by atoms with Gasteiger partial charge in [0.05, 0.1) is 23.5 Å². The van der Waals surface area contributed by atoms with Gasteiger partial charge in [-0.05, 0) is 144 Å². The number of aromatic nitrogens is 12. The highest BCUT2D eigenvalue weighted by molar-refractivity contribution is 5.96. The highest BCUT2D eigenvalue weighted by Crippen LogP contribution is 2.40. The van der Waals surface area contributed by atoms with Crippen molar-refractivity contribution in [2.24, 2.45) is 0 Å². The molecule has 5 aromatic carbocycles. The molecule has 0 radical (unpaired) electrons. The average molecular weight is 1420 g/mol. The minimum Gasteiger partial charge on any atom is -0.382 e. The predicted molar refractivity (Wildman–Crippen MR) is 422 cm³/mol. The molecule has 0 bridgehead atoms. The van der Waals surface area contributed by atoms with Gasteiger partial charge in [0.25, 0.3) is 5.91 Å². The fraction of sp³-hybridized carbons (Fsp3) is 0.305. The maximum Gasteiger partial charge on any atom is 0.253 e. The average Bonchev–Trinajstić information content (AvgIpc) is 1.61. The predicted octanol–water partition coefficient (Wildman–Crippen LogP) is 12.5. The van der Waals surface area contributed by atoms with Crippen LogP contribution in [0, 0.1) is 0 Å². The molecule has 3 fully saturated rings. The number of nitrogens with zero attached hydrogens (tertiary/aromatic N) is 15. The molecule has 9 aromatic heterocycles. The van der Waals surface area contributed by atoms with Crippen LogP contribution in [0.15, 0.2) is 177 Å². The van der Waals surface area contributed by atoms with E-state index >= 15 is 0 Å². The molecule has 0 spiro atoms. The second-order valence-corrected chi connectivity index (χ2v) is 28.8. The van der Waals surface area contributed by atoms with E-state index in [2.05, 4.69) is 120 Å². The van der Waals surface area contributed by atoms with Crippen LogP contribution >= 0.6 is 0 Å². The van der Waals surface area contributed by atoms with Crippen molar-refractivity contribution in [1.29, 1.82) is 0 Å². The summed E-state index contributed by atoms with van der Waals surface area (Å²) in [5.74, 6) is 5.56. The van der Waals surface area contributed by atoms with E-state index < -0.39 is 0 Å². The summed E-state index contributed by atoms with van der Waals surface area (Å²) in [6.45, 7) is 5.29. The normalized spacial score (nSPS) is 14.7. The van der Waals surface area contributed by atoms with Crippen LogP contribution in [0.3, 0.4) is 0 Å². The van der Waals surface area contributed by atoms with E-state index in [9.17, 15) is 14.4 Å². The molecular formula is C82H91N21O3. The van der Waals surface area contributed by atoms with Crippen molar-refractivity contribution in [3.63, 3.8) is 0 Å². The lowest BCUT2D eigenvalue weighted by molar-refractivity contribution is -0.132. The summed E-state index contributed by atoms with van der Waals surface area (Å²) in [4.78, 5) is 89.7. The number of fused-ring (bicyclic) bond motifs is 6. The monoisotopic (exact) mass is 1420 g/mol. The van der Waals surface area contributed by atoms with Gasteiger partial charge in [-0.25, -0.2) is 29.9 Å². The van der Waals surface area contributed by atoms with Gasteiger partial charge in [0, 0.05) is 178 Å². The van der Waals surface area contributed by atoms with E-state index in [0.717, 1.165) is 201 Å². The zero-order valence-electron chi connectivity index (χ0n) is 61.0. The van der Waals surface area contributed by atoms with Crippen LogP contribution in [0.2, 0.25) is 0 Å². The number of nitrogens with one attached hydrogen (secondary N) is 3. The number of para-hydroxylation sites is 3. The Balaban J connectivity index is 0.000000128. The van der Waals surface area contributed by atoms with Crippen LogP contribution < -0.4 is 27.0 Å². The van der Waals surface area contributed by atoms with Gasteiger partial charge in [0.15, 0.2) is 0 Å². The highest BCUT2D eigenvalue weighted by Gasteiger charge is 2.33. The molecule has 3 amide bonds. The summed E-state index contributed by atoms with van der Waals surface area (Å²) in [7, 11) is 12.1. The second-order valence-electron chi connectivity index (χ2n) is 28.8. The number of carbonyl (C=O) groups excluding carboxylic acids is 3. The number of hydrogen-bond donors (Lipinski definition) is 6. The van der Waals surface area contributed by atoms with E-state index in [1.165, 1.54) is 0 Å². The molecule has 12 heterocycles. The summed E-state index contributed by atoms with van der Waals surface area (Å²) in [6, 6.07) is 46.9. The number of aromatic amines is 3. The molecule has 106 heavy (non-hydrogen) atoms. The number of nitrogens with two attached hydrogens (primary N) is 3. The lowest BCUT2D eigenvalue weighted by atomic mass is 9.95. The van der Waals surface area contributed by atoms with E-state index in [4.69, 9.17) is 32.2 Å². The van der Waals surface area contributed by atoms with Crippen molar-refractivity contribution >= 4 is 95.8 Å². The zero-order chi connectivity index (χ0) is 73.3. The minimum absolute atomic E-state index is 0.0824. The molecule has 14 aromatic rings. The lowest BCUT2D eigenvalue weighted by Gasteiger charge is -2.31. The molecule has 24 nitrogen and oxygen atoms in total. The van der Waals surface area contributed by atoms with Gasteiger partial charge in [-0.15, -0.1) is 0 Å². The molecular weight excluding hydrogens is 1330 g/mol. The topological polar surface area (TPSA) is 287 Å². The van der Waals surface area contributed by atoms with Crippen LogP contribution in [0.1, 0.15) is 103 Å². The first kappa shape index (κ1) is 69.7. The van der Waals surface area contributed by atoms with E-state index in [1.807, 2.05) is 153 Å². The molecule has 0 atom stereocenters. The number of anilines is 5. The first-order valence-corrected chi connectivity index (χ1v) is 36.6. The number of hydrogen-bond acceptors (Lipinski definition) is 15. The standard InChI is InChI=1S/C29H31N7O.C28H29N7O.C25H31N7O/c1-34(2)22-9-7-19(8-10-22)17-25(37)35-14-11-20(12-15-35)29-33-26(27-28(30)31-13-16-36(27)29)24-18-21-5-3-4-6-23(21)32-24;1-33(2)21-9-7-19(8-10-21)28(36)34-14-11-18(12-15-34)27-32-24(25-26(29)30-13-16-35(25)27)23-17-20-5-3-4-6-22(20)31-23;1-30(2)12-5-8-21(33)31-13-9-17(10-14-31)25-29-22(23-24(26)27-11-15-32(23)25)20-16-18-6-3-4-7-19(18)28-20/h3-10,13,16,18,20,32H,11-12,14-15,17H2,1-2H3,(H2,30,31);3-10,13,16-18,31H,11-12,14-15H2,1-2H3,(H2,29,30);3-4,6-7,11,15-17,28H,5,8-10,12-14H2,1-2H3,(H2,26,27). The third kappa shape index (κ3) is 14.3. The number of nitrogen functional groups attached to an aromatic ring is 3. The van der Waals surface area contributed by atoms with E-state index in [-0.39, 0.29) is 35.5 Å². The summed E-state index contributed by atoms with van der Waals surface area (Å²) in [5, 5.41) is 3.40. The van der Waals surface area contributed by atoms with Gasteiger partial charge >= 0.3 is 0 Å². The van der Waals surface area contributed by atoms with Gasteiger partial charge in [0.1, 0.15) is 68.6 Å². The molecule has 542 valence electrons. The second kappa shape index (κ2) is 30.0. The Bertz CT molecular complexity index is 5380. The molecule has 0 saturated carbocycles. The Labute approximate surface area is 614 Å². The summed E-state index contributed by atoms with van der Waals surface area (Å²) >= 11 is 0. The van der Waals surface area contributed by atoms with Gasteiger partial charge in [-0.3, -0.25) is 27.6 Å². The first-order chi connectivity index (χ1) is 51.5. The number of H-pyrrole nitrogens is 3. The van der Waals surface area contributed by atoms with Gasteiger partial charge < -0.3 is 61.6 Å². The maximum absolute atomic E-state index is 13.1. The number of imidazole rings is 3. The van der Waals surface area contributed by atoms with Crippen molar-refractivity contribution in [3.8, 4) is 34.2 Å². The van der Waals surface area contributed by atoms with Crippen LogP contribution in [0.4, 0.5) is 28.8 Å². The van der Waals surface area contributed by atoms with Crippen molar-refractivity contribution in [3.05, 3.63) is 205 Å². The number of amides is 3. The Morgan fingerprint density at radius 3 is 1.15 bits per heavy atom. The SMILES string of the molecule is CN(C)CCCC(=O)N1CCC(c2nc(-c3cc4ccccc4[nH]3)c3c(N)nccn23)CC1.CN(C)c1ccc(C(=O)N2CCC(c3nc(-c4cc5ccccc5[nH]4)c4c(N)nccn34)CC2)cc1.CN(C)c1ccc(CC(=O)N2CCC(c3nc(-c4cc5ccccc5[nH]4)c4c(N)nccn34)CC2)cc1. The quantitative estimate of drug-likeness (QED) is 0.0556. The zero-order valence-corrected chi connectivity index (χ0v) is 61.0. The molecule has 3 aliphatic heterocycles. The lowest BCUT2D eigenvalue weighted by Crippen LogP contribution is -2.39. The first-order valence-electron chi connectivity index (χ1n) is 36.6. The number of carbonyl (C=O) groups is 3. The van der Waals surface area contributed by atoms with Crippen LogP contribution in [-0.2, 0) is 16.0 Å². The highest BCUT2D eigenvalue weighted by atomic mass is 16.2. The molecule has 9 N–H and O–H groups in total. The van der Waals surface area contributed by atoms with Crippen molar-refractivity contribution < 1.29 is 14.4 Å². The van der Waals surface area contributed by atoms with Crippen molar-refractivity contribution in [2.75, 3.05) is 115 Å². The Morgan fingerprint density at radius 2 is 0.792 bits per heavy atom. The molecule has 24 heteroatoms.